The second-order valence-corrected chi connectivity index (χ2v) is 5.66. The van der Waals surface area contributed by atoms with Gasteiger partial charge >= 0.3 is 5.97 Å². The van der Waals surface area contributed by atoms with E-state index in [4.69, 9.17) is 0 Å². The second-order valence-electron chi connectivity index (χ2n) is 5.66. The van der Waals surface area contributed by atoms with Crippen molar-refractivity contribution in [1.82, 2.24) is 4.90 Å². The summed E-state index contributed by atoms with van der Waals surface area (Å²) in [6, 6.07) is 8.82. The average molecular weight is 290 g/mol. The number of anilines is 1. The first kappa shape index (κ1) is 15.5. The molecule has 0 aliphatic carbocycles. The summed E-state index contributed by atoms with van der Waals surface area (Å²) in [4.78, 5) is 27.2. The van der Waals surface area contributed by atoms with Gasteiger partial charge in [0.15, 0.2) is 0 Å². The molecule has 114 valence electrons. The molecule has 1 N–H and O–H groups in total. The number of hydrogen-bond acceptors (Lipinski definition) is 3. The first-order valence-electron chi connectivity index (χ1n) is 7.29. The number of hydrogen-bond donors (Lipinski definition) is 1. The lowest BCUT2D eigenvalue weighted by molar-refractivity contribution is -0.147. The highest BCUT2D eigenvalue weighted by molar-refractivity contribution is 5.94. The number of likely N-dealkylation sites (N-methyl/N-ethyl adjacent to an activating group) is 1. The van der Waals surface area contributed by atoms with Crippen LogP contribution < -0.4 is 4.90 Å². The smallest absolute Gasteiger partial charge is 0.321 e. The molecule has 1 aliphatic rings. The molecule has 5 nitrogen and oxygen atoms in total. The van der Waals surface area contributed by atoms with E-state index in [2.05, 4.69) is 0 Å². The van der Waals surface area contributed by atoms with Crippen LogP contribution in [-0.2, 0) is 9.59 Å². The summed E-state index contributed by atoms with van der Waals surface area (Å²) in [7, 11) is 1.72. The molecule has 1 aromatic rings. The fourth-order valence-electron chi connectivity index (χ4n) is 2.93. The number of rotatable bonds is 4. The second kappa shape index (κ2) is 6.72. The van der Waals surface area contributed by atoms with Crippen molar-refractivity contribution < 1.29 is 14.7 Å². The maximum atomic E-state index is 12.4. The van der Waals surface area contributed by atoms with Crippen molar-refractivity contribution in [3.8, 4) is 0 Å². The van der Waals surface area contributed by atoms with Crippen LogP contribution in [0.25, 0.3) is 0 Å². The molecule has 0 spiro atoms. The molecule has 2 unspecified atom stereocenters. The minimum atomic E-state index is -0.836. The zero-order valence-electron chi connectivity index (χ0n) is 12.5. The monoisotopic (exact) mass is 290 g/mol. The van der Waals surface area contributed by atoms with Gasteiger partial charge in [-0.25, -0.2) is 0 Å². The molecule has 2 atom stereocenters. The van der Waals surface area contributed by atoms with Crippen LogP contribution in [0.5, 0.6) is 0 Å². The predicted octanol–water partition coefficient (Wildman–Crippen LogP) is 1.83. The van der Waals surface area contributed by atoms with Gasteiger partial charge < -0.3 is 10.0 Å². The van der Waals surface area contributed by atoms with Crippen molar-refractivity contribution in [3.63, 3.8) is 0 Å². The van der Waals surface area contributed by atoms with Gasteiger partial charge in [0.1, 0.15) is 6.04 Å². The Morgan fingerprint density at radius 3 is 2.62 bits per heavy atom. The first-order chi connectivity index (χ1) is 10.0. The highest BCUT2D eigenvalue weighted by Gasteiger charge is 2.35. The zero-order chi connectivity index (χ0) is 15.4. The van der Waals surface area contributed by atoms with E-state index in [0.29, 0.717) is 6.54 Å². The molecule has 0 bridgehead atoms. The van der Waals surface area contributed by atoms with Crippen LogP contribution in [0, 0.1) is 5.92 Å². The normalized spacial score (nSPS) is 22.8. The number of likely N-dealkylation sites (tertiary alicyclic amines) is 1. The van der Waals surface area contributed by atoms with Crippen molar-refractivity contribution in [2.75, 3.05) is 25.0 Å². The van der Waals surface area contributed by atoms with Gasteiger partial charge in [-0.05, 0) is 37.4 Å². The van der Waals surface area contributed by atoms with E-state index in [1.807, 2.05) is 37.3 Å². The molecule has 1 saturated heterocycles. The summed E-state index contributed by atoms with van der Waals surface area (Å²) in [6.07, 6.45) is 1.84. The van der Waals surface area contributed by atoms with E-state index >= 15 is 0 Å². The SMILES string of the molecule is CC1CCCN(CC(=O)N(C)c2ccccc2)C1C(=O)O. The fraction of sp³-hybridized carbons (Fsp3) is 0.500. The number of carbonyl (C=O) groups excluding carboxylic acids is 1. The van der Waals surface area contributed by atoms with Gasteiger partial charge in [-0.2, -0.15) is 0 Å². The maximum Gasteiger partial charge on any atom is 0.321 e. The minimum absolute atomic E-state index is 0.0751. The summed E-state index contributed by atoms with van der Waals surface area (Å²) in [5.74, 6) is -0.843. The molecule has 1 aliphatic heterocycles. The van der Waals surface area contributed by atoms with Crippen LogP contribution >= 0.6 is 0 Å². The standard InChI is InChI=1S/C16H22N2O3/c1-12-7-6-10-18(15(12)16(20)21)11-14(19)17(2)13-8-4-3-5-9-13/h3-5,8-9,12,15H,6-7,10-11H2,1-2H3,(H,20,21). The number of carboxylic acid groups (broad SMARTS) is 1. The van der Waals surface area contributed by atoms with E-state index in [1.54, 1.807) is 16.8 Å². The number of aliphatic carboxylic acids is 1. The number of benzene rings is 1. The van der Waals surface area contributed by atoms with Gasteiger partial charge in [0.2, 0.25) is 5.91 Å². The summed E-state index contributed by atoms with van der Waals surface area (Å²) in [5.41, 5.74) is 0.819. The van der Waals surface area contributed by atoms with Crippen LogP contribution in [0.3, 0.4) is 0 Å². The van der Waals surface area contributed by atoms with Crippen LogP contribution in [0.2, 0.25) is 0 Å². The fourth-order valence-corrected chi connectivity index (χ4v) is 2.93. The molecule has 0 aromatic heterocycles. The number of amides is 1. The topological polar surface area (TPSA) is 60.9 Å². The summed E-state index contributed by atoms with van der Waals surface area (Å²) in [5, 5.41) is 9.38. The van der Waals surface area contributed by atoms with Crippen LogP contribution in [0.1, 0.15) is 19.8 Å². The van der Waals surface area contributed by atoms with Gasteiger partial charge in [0.25, 0.3) is 0 Å². The lowest BCUT2D eigenvalue weighted by Crippen LogP contribution is -2.52. The molecule has 0 saturated carbocycles. The number of para-hydroxylation sites is 1. The number of carboxylic acids is 1. The van der Waals surface area contributed by atoms with E-state index in [9.17, 15) is 14.7 Å². The lowest BCUT2D eigenvalue weighted by atomic mass is 9.91. The Labute approximate surface area is 125 Å². The molecular weight excluding hydrogens is 268 g/mol. The molecule has 1 fully saturated rings. The molecule has 1 aromatic carbocycles. The Kier molecular flexibility index (Phi) is 4.96. The van der Waals surface area contributed by atoms with Gasteiger partial charge in [-0.1, -0.05) is 25.1 Å². The number of nitrogens with zero attached hydrogens (tertiary/aromatic N) is 2. The Morgan fingerprint density at radius 2 is 2.00 bits per heavy atom. The minimum Gasteiger partial charge on any atom is -0.480 e. The quantitative estimate of drug-likeness (QED) is 0.919. The van der Waals surface area contributed by atoms with E-state index in [1.165, 1.54) is 0 Å². The van der Waals surface area contributed by atoms with Crippen molar-refractivity contribution in [1.29, 1.82) is 0 Å². The molecule has 0 radical (unpaired) electrons. The van der Waals surface area contributed by atoms with E-state index < -0.39 is 12.0 Å². The van der Waals surface area contributed by atoms with E-state index in [-0.39, 0.29) is 18.4 Å². The van der Waals surface area contributed by atoms with E-state index in [0.717, 1.165) is 18.5 Å². The predicted molar refractivity (Wildman–Crippen MR) is 81.2 cm³/mol. The third-order valence-electron chi connectivity index (χ3n) is 4.15. The Morgan fingerprint density at radius 1 is 1.33 bits per heavy atom. The number of piperidine rings is 1. The summed E-state index contributed by atoms with van der Waals surface area (Å²) in [6.45, 7) is 2.75. The lowest BCUT2D eigenvalue weighted by Gasteiger charge is -2.37. The highest BCUT2D eigenvalue weighted by Crippen LogP contribution is 2.23. The molecule has 5 heteroatoms. The number of carbonyl (C=O) groups is 2. The largest absolute Gasteiger partial charge is 0.480 e. The van der Waals surface area contributed by atoms with Crippen LogP contribution in [0.15, 0.2) is 30.3 Å². The summed E-state index contributed by atoms with van der Waals surface area (Å²) < 4.78 is 0. The Balaban J connectivity index is 2.05. The summed E-state index contributed by atoms with van der Waals surface area (Å²) >= 11 is 0. The third-order valence-corrected chi connectivity index (χ3v) is 4.15. The van der Waals surface area contributed by atoms with Crippen molar-refractivity contribution in [2.24, 2.45) is 5.92 Å². The first-order valence-corrected chi connectivity index (χ1v) is 7.29. The van der Waals surface area contributed by atoms with Crippen molar-refractivity contribution in [2.45, 2.75) is 25.8 Å². The Bertz CT molecular complexity index is 504. The van der Waals surface area contributed by atoms with Gasteiger partial charge in [-0.3, -0.25) is 14.5 Å². The molecular formula is C16H22N2O3. The third kappa shape index (κ3) is 3.61. The highest BCUT2D eigenvalue weighted by atomic mass is 16.4. The zero-order valence-corrected chi connectivity index (χ0v) is 12.5. The van der Waals surface area contributed by atoms with Gasteiger partial charge in [-0.15, -0.1) is 0 Å². The molecule has 21 heavy (non-hydrogen) atoms. The molecule has 1 amide bonds. The average Bonchev–Trinajstić information content (AvgIpc) is 2.47. The van der Waals surface area contributed by atoms with Crippen molar-refractivity contribution in [3.05, 3.63) is 30.3 Å². The van der Waals surface area contributed by atoms with Crippen molar-refractivity contribution >= 4 is 17.6 Å². The molecule has 2 rings (SSSR count). The maximum absolute atomic E-state index is 12.4. The molecule has 1 heterocycles. The van der Waals surface area contributed by atoms with Crippen LogP contribution in [-0.4, -0.2) is 48.1 Å². The van der Waals surface area contributed by atoms with Gasteiger partial charge in [0.05, 0.1) is 6.54 Å². The van der Waals surface area contributed by atoms with Gasteiger partial charge in [0, 0.05) is 12.7 Å². The van der Waals surface area contributed by atoms with Crippen LogP contribution in [0.4, 0.5) is 5.69 Å². The Hall–Kier alpha value is -1.88.